The van der Waals surface area contributed by atoms with Crippen molar-refractivity contribution in [3.05, 3.63) is 35.6 Å². The van der Waals surface area contributed by atoms with Crippen molar-refractivity contribution >= 4 is 0 Å². The molecule has 0 heterocycles. The fourth-order valence-electron chi connectivity index (χ4n) is 3.32. The van der Waals surface area contributed by atoms with E-state index in [0.29, 0.717) is 11.3 Å². The van der Waals surface area contributed by atoms with E-state index in [0.717, 1.165) is 31.2 Å². The second-order valence-electron chi connectivity index (χ2n) is 7.16. The Kier molecular flexibility index (Phi) is 4.00. The summed E-state index contributed by atoms with van der Waals surface area (Å²) in [5, 5.41) is 0. The molecule has 0 amide bonds. The van der Waals surface area contributed by atoms with Gasteiger partial charge in [0, 0.05) is 5.54 Å². The van der Waals surface area contributed by atoms with Crippen molar-refractivity contribution in [2.75, 3.05) is 0 Å². The summed E-state index contributed by atoms with van der Waals surface area (Å²) in [7, 11) is 0. The molecular weight excluding hydrogens is 237 g/mol. The van der Waals surface area contributed by atoms with E-state index < -0.39 is 0 Å². The number of nitrogens with two attached hydrogens (primary N) is 1. The predicted molar refractivity (Wildman–Crippen MR) is 78.3 cm³/mol. The minimum Gasteiger partial charge on any atom is -0.321 e. The zero-order valence-electron chi connectivity index (χ0n) is 12.4. The Bertz CT molecular complexity index is 435. The highest BCUT2D eigenvalue weighted by Gasteiger charge is 2.34. The first kappa shape index (κ1) is 14.5. The van der Waals surface area contributed by atoms with E-state index in [1.807, 2.05) is 6.07 Å². The molecule has 1 nitrogen and oxygen atoms in total. The Morgan fingerprint density at radius 3 is 2.58 bits per heavy atom. The van der Waals surface area contributed by atoms with Crippen LogP contribution in [0, 0.1) is 17.2 Å². The topological polar surface area (TPSA) is 26.0 Å². The van der Waals surface area contributed by atoms with Crippen LogP contribution >= 0.6 is 0 Å². The zero-order chi connectivity index (χ0) is 14.1. The normalized spacial score (nSPS) is 29.0. The third-order valence-corrected chi connectivity index (χ3v) is 4.74. The largest absolute Gasteiger partial charge is 0.321 e. The maximum absolute atomic E-state index is 13.4. The molecule has 19 heavy (non-hydrogen) atoms. The van der Waals surface area contributed by atoms with E-state index >= 15 is 0 Å². The van der Waals surface area contributed by atoms with Gasteiger partial charge in [0.05, 0.1) is 0 Å². The molecule has 0 radical (unpaired) electrons. The van der Waals surface area contributed by atoms with Crippen LogP contribution in [0.1, 0.15) is 58.4 Å². The molecule has 0 aliphatic heterocycles. The van der Waals surface area contributed by atoms with Gasteiger partial charge in [-0.1, -0.05) is 39.3 Å². The van der Waals surface area contributed by atoms with Gasteiger partial charge in [0.15, 0.2) is 0 Å². The van der Waals surface area contributed by atoms with Crippen molar-refractivity contribution in [3.63, 3.8) is 0 Å². The molecule has 1 aliphatic rings. The Hall–Kier alpha value is -0.890. The summed E-state index contributed by atoms with van der Waals surface area (Å²) >= 11 is 0. The first-order valence-electron chi connectivity index (χ1n) is 7.36. The molecule has 0 aromatic heterocycles. The van der Waals surface area contributed by atoms with Gasteiger partial charge in [0.1, 0.15) is 5.82 Å². The molecule has 2 unspecified atom stereocenters. The van der Waals surface area contributed by atoms with Crippen LogP contribution < -0.4 is 5.73 Å². The van der Waals surface area contributed by atoms with Gasteiger partial charge >= 0.3 is 0 Å². The highest BCUT2D eigenvalue weighted by Crippen LogP contribution is 2.42. The van der Waals surface area contributed by atoms with Gasteiger partial charge in [-0.3, -0.25) is 0 Å². The fraction of sp³-hybridized carbons (Fsp3) is 0.647. The van der Waals surface area contributed by atoms with Crippen LogP contribution in [0.15, 0.2) is 24.3 Å². The first-order valence-corrected chi connectivity index (χ1v) is 7.36. The van der Waals surface area contributed by atoms with Crippen LogP contribution in [0.2, 0.25) is 0 Å². The number of hydrogen-bond acceptors (Lipinski definition) is 1. The van der Waals surface area contributed by atoms with Crippen molar-refractivity contribution < 1.29 is 4.39 Å². The van der Waals surface area contributed by atoms with Crippen LogP contribution in [-0.4, -0.2) is 0 Å². The van der Waals surface area contributed by atoms with Crippen molar-refractivity contribution in [2.24, 2.45) is 17.1 Å². The van der Waals surface area contributed by atoms with Crippen molar-refractivity contribution in [1.82, 2.24) is 0 Å². The molecule has 1 fully saturated rings. The molecule has 0 bridgehead atoms. The first-order chi connectivity index (χ1) is 8.81. The van der Waals surface area contributed by atoms with Crippen LogP contribution in [-0.2, 0) is 5.54 Å². The van der Waals surface area contributed by atoms with Gasteiger partial charge in [0.25, 0.3) is 0 Å². The van der Waals surface area contributed by atoms with Gasteiger partial charge in [-0.05, 0) is 54.7 Å². The van der Waals surface area contributed by atoms with E-state index in [1.165, 1.54) is 12.5 Å². The molecule has 0 spiro atoms. The van der Waals surface area contributed by atoms with Gasteiger partial charge in [-0.2, -0.15) is 0 Å². The maximum Gasteiger partial charge on any atom is 0.123 e. The third kappa shape index (κ3) is 3.36. The van der Waals surface area contributed by atoms with Gasteiger partial charge in [-0.15, -0.1) is 0 Å². The lowest BCUT2D eigenvalue weighted by molar-refractivity contribution is 0.211. The molecule has 106 valence electrons. The van der Waals surface area contributed by atoms with Gasteiger partial charge in [-0.25, -0.2) is 4.39 Å². The zero-order valence-corrected chi connectivity index (χ0v) is 12.4. The highest BCUT2D eigenvalue weighted by atomic mass is 19.1. The summed E-state index contributed by atoms with van der Waals surface area (Å²) in [5.41, 5.74) is 7.54. The van der Waals surface area contributed by atoms with Crippen molar-refractivity contribution in [2.45, 2.75) is 58.4 Å². The molecular formula is C17H26FN. The van der Waals surface area contributed by atoms with E-state index in [-0.39, 0.29) is 11.4 Å². The number of rotatable bonds is 1. The lowest BCUT2D eigenvalue weighted by Crippen LogP contribution is -2.36. The molecule has 1 saturated carbocycles. The fourth-order valence-corrected chi connectivity index (χ4v) is 3.32. The SMILES string of the molecule is CC(C)(C)C1CCCC(N)(c2cccc(F)c2)CC1. The average molecular weight is 263 g/mol. The minimum atomic E-state index is -0.345. The second-order valence-corrected chi connectivity index (χ2v) is 7.16. The number of hydrogen-bond donors (Lipinski definition) is 1. The summed E-state index contributed by atoms with van der Waals surface area (Å²) < 4.78 is 13.4. The molecule has 2 rings (SSSR count). The monoisotopic (exact) mass is 263 g/mol. The lowest BCUT2D eigenvalue weighted by atomic mass is 9.75. The van der Waals surface area contributed by atoms with Crippen LogP contribution in [0.3, 0.4) is 0 Å². The molecule has 2 heteroatoms. The molecule has 1 aromatic rings. The van der Waals surface area contributed by atoms with Gasteiger partial charge < -0.3 is 5.73 Å². The Morgan fingerprint density at radius 2 is 1.95 bits per heavy atom. The van der Waals surface area contributed by atoms with Crippen LogP contribution in [0.4, 0.5) is 4.39 Å². The molecule has 1 aromatic carbocycles. The van der Waals surface area contributed by atoms with E-state index in [1.54, 1.807) is 12.1 Å². The molecule has 0 saturated heterocycles. The van der Waals surface area contributed by atoms with Gasteiger partial charge in [0.2, 0.25) is 0 Å². The summed E-state index contributed by atoms with van der Waals surface area (Å²) in [5.74, 6) is 0.533. The van der Waals surface area contributed by atoms with Crippen LogP contribution in [0.25, 0.3) is 0 Å². The van der Waals surface area contributed by atoms with Crippen molar-refractivity contribution in [3.8, 4) is 0 Å². The lowest BCUT2D eigenvalue weighted by Gasteiger charge is -2.31. The van der Waals surface area contributed by atoms with E-state index in [4.69, 9.17) is 5.73 Å². The highest BCUT2D eigenvalue weighted by molar-refractivity contribution is 5.25. The number of benzene rings is 1. The van der Waals surface area contributed by atoms with E-state index in [2.05, 4.69) is 20.8 Å². The van der Waals surface area contributed by atoms with Crippen molar-refractivity contribution in [1.29, 1.82) is 0 Å². The third-order valence-electron chi connectivity index (χ3n) is 4.74. The quantitative estimate of drug-likeness (QED) is 0.736. The standard InChI is InChI=1S/C17H26FN/c1-16(2,3)13-7-5-10-17(19,11-9-13)14-6-4-8-15(18)12-14/h4,6,8,12-13H,5,7,9-11,19H2,1-3H3. The van der Waals surface area contributed by atoms with Crippen LogP contribution in [0.5, 0.6) is 0 Å². The average Bonchev–Trinajstić information content (AvgIpc) is 2.52. The summed E-state index contributed by atoms with van der Waals surface area (Å²) in [6.45, 7) is 6.93. The molecule has 2 atom stereocenters. The maximum atomic E-state index is 13.4. The summed E-state index contributed by atoms with van der Waals surface area (Å²) in [6.07, 6.45) is 5.42. The minimum absolute atomic E-state index is 0.182. The molecule has 1 aliphatic carbocycles. The summed E-state index contributed by atoms with van der Waals surface area (Å²) in [4.78, 5) is 0. The predicted octanol–water partition coefficient (Wildman–Crippen LogP) is 4.61. The summed E-state index contributed by atoms with van der Waals surface area (Å²) in [6, 6.07) is 6.84. The van der Waals surface area contributed by atoms with E-state index in [9.17, 15) is 4.39 Å². The number of halogens is 1. The Balaban J connectivity index is 2.18. The Morgan fingerprint density at radius 1 is 1.21 bits per heavy atom. The second kappa shape index (κ2) is 5.24. The molecule has 2 N–H and O–H groups in total. The smallest absolute Gasteiger partial charge is 0.123 e. The Labute approximate surface area is 116 Å².